The van der Waals surface area contributed by atoms with Crippen LogP contribution in [0.4, 0.5) is 11.6 Å². The number of nitrogens with two attached hydrogens (primary N) is 1. The fourth-order valence-electron chi connectivity index (χ4n) is 4.40. The maximum Gasteiger partial charge on any atom is 0.155 e. The van der Waals surface area contributed by atoms with Gasteiger partial charge < -0.3 is 5.73 Å². The SMILES string of the molecule is CC1=Nc2c(c(-c3ccccn3)nn2C)C(c2ccc(Cl)cc2C)SC1.Cn1nc(-c2ccccn2)cc1N. The highest BCUT2D eigenvalue weighted by molar-refractivity contribution is 8.00. The number of aryl methyl sites for hydroxylation is 3. The molecule has 5 heterocycles. The molecule has 198 valence electrons. The molecule has 0 saturated carbocycles. The number of fused-ring (bicyclic) bond motifs is 1. The molecule has 0 aliphatic carbocycles. The van der Waals surface area contributed by atoms with Crippen LogP contribution in [0.3, 0.4) is 0 Å². The molecule has 0 saturated heterocycles. The third-order valence-electron chi connectivity index (χ3n) is 6.34. The fourth-order valence-corrected chi connectivity index (χ4v) is 5.92. The van der Waals surface area contributed by atoms with E-state index in [0.29, 0.717) is 5.82 Å². The minimum Gasteiger partial charge on any atom is -0.384 e. The average molecular weight is 557 g/mol. The molecule has 6 rings (SSSR count). The molecule has 1 atom stereocenters. The van der Waals surface area contributed by atoms with Gasteiger partial charge in [0.05, 0.1) is 16.6 Å². The molecule has 1 aromatic carbocycles. The fraction of sp³-hybridized carbons (Fsp3) is 0.207. The molecular weight excluding hydrogens is 528 g/mol. The molecule has 0 spiro atoms. The van der Waals surface area contributed by atoms with Gasteiger partial charge >= 0.3 is 0 Å². The number of pyridine rings is 2. The molecule has 0 amide bonds. The molecule has 0 bridgehead atoms. The van der Waals surface area contributed by atoms with Gasteiger partial charge in [-0.2, -0.15) is 10.2 Å². The Morgan fingerprint density at radius 3 is 2.21 bits per heavy atom. The van der Waals surface area contributed by atoms with E-state index >= 15 is 0 Å². The van der Waals surface area contributed by atoms with Gasteiger partial charge in [-0.15, -0.1) is 11.8 Å². The number of benzene rings is 1. The van der Waals surface area contributed by atoms with Crippen molar-refractivity contribution in [3.63, 3.8) is 0 Å². The molecule has 2 N–H and O–H groups in total. The van der Waals surface area contributed by atoms with Crippen LogP contribution in [0, 0.1) is 6.92 Å². The van der Waals surface area contributed by atoms with Crippen molar-refractivity contribution in [2.24, 2.45) is 19.1 Å². The van der Waals surface area contributed by atoms with Crippen LogP contribution in [-0.2, 0) is 14.1 Å². The number of aliphatic imine (C=N–C) groups is 1. The lowest BCUT2D eigenvalue weighted by molar-refractivity contribution is 0.772. The second-order valence-electron chi connectivity index (χ2n) is 9.26. The van der Waals surface area contributed by atoms with Crippen LogP contribution >= 0.6 is 23.4 Å². The summed E-state index contributed by atoms with van der Waals surface area (Å²) < 4.78 is 3.50. The largest absolute Gasteiger partial charge is 0.384 e. The van der Waals surface area contributed by atoms with Crippen LogP contribution in [0.15, 0.2) is 78.0 Å². The predicted molar refractivity (Wildman–Crippen MR) is 161 cm³/mol. The summed E-state index contributed by atoms with van der Waals surface area (Å²) in [5.74, 6) is 2.43. The number of hydrogen-bond donors (Lipinski definition) is 1. The number of anilines is 1. The van der Waals surface area contributed by atoms with Gasteiger partial charge in [0.1, 0.15) is 17.2 Å². The maximum absolute atomic E-state index is 6.19. The third-order valence-corrected chi connectivity index (χ3v) is 7.98. The second-order valence-corrected chi connectivity index (χ2v) is 10.8. The summed E-state index contributed by atoms with van der Waals surface area (Å²) in [5, 5.41) is 9.87. The Kier molecular flexibility index (Phi) is 7.81. The van der Waals surface area contributed by atoms with Crippen LogP contribution < -0.4 is 5.73 Å². The van der Waals surface area contributed by atoms with Crippen molar-refractivity contribution in [3.05, 3.63) is 94.8 Å². The van der Waals surface area contributed by atoms with Crippen LogP contribution in [-0.4, -0.2) is 41.0 Å². The van der Waals surface area contributed by atoms with Crippen molar-refractivity contribution >= 4 is 40.7 Å². The van der Waals surface area contributed by atoms with Crippen molar-refractivity contribution < 1.29 is 0 Å². The summed E-state index contributed by atoms with van der Waals surface area (Å²) >= 11 is 8.06. The Labute approximate surface area is 237 Å². The molecule has 8 nitrogen and oxygen atoms in total. The van der Waals surface area contributed by atoms with Crippen molar-refractivity contribution in [1.29, 1.82) is 0 Å². The summed E-state index contributed by atoms with van der Waals surface area (Å²) in [4.78, 5) is 13.6. The van der Waals surface area contributed by atoms with E-state index in [1.807, 2.05) is 85.1 Å². The monoisotopic (exact) mass is 556 g/mol. The maximum atomic E-state index is 6.19. The summed E-state index contributed by atoms with van der Waals surface area (Å²) in [6.45, 7) is 4.18. The highest BCUT2D eigenvalue weighted by Gasteiger charge is 2.30. The first kappa shape index (κ1) is 26.6. The predicted octanol–water partition coefficient (Wildman–Crippen LogP) is 6.44. The Bertz CT molecular complexity index is 1610. The van der Waals surface area contributed by atoms with E-state index < -0.39 is 0 Å². The number of hydrogen-bond acceptors (Lipinski definition) is 7. The van der Waals surface area contributed by atoms with Crippen LogP contribution in [0.2, 0.25) is 5.02 Å². The van der Waals surface area contributed by atoms with Crippen LogP contribution in [0.1, 0.15) is 28.9 Å². The first-order valence-electron chi connectivity index (χ1n) is 12.4. The van der Waals surface area contributed by atoms with E-state index in [9.17, 15) is 0 Å². The molecule has 39 heavy (non-hydrogen) atoms. The lowest BCUT2D eigenvalue weighted by atomic mass is 9.98. The van der Waals surface area contributed by atoms with E-state index in [1.54, 1.807) is 17.1 Å². The zero-order chi connectivity index (χ0) is 27.5. The van der Waals surface area contributed by atoms with Crippen molar-refractivity contribution in [3.8, 4) is 22.8 Å². The van der Waals surface area contributed by atoms with Crippen LogP contribution in [0.25, 0.3) is 22.8 Å². The summed E-state index contributed by atoms with van der Waals surface area (Å²) in [6, 6.07) is 19.5. The van der Waals surface area contributed by atoms with E-state index in [1.165, 1.54) is 11.1 Å². The molecular formula is C29H29ClN8S. The van der Waals surface area contributed by atoms with Gasteiger partial charge in [0.25, 0.3) is 0 Å². The van der Waals surface area contributed by atoms with Crippen molar-refractivity contribution in [2.75, 3.05) is 11.5 Å². The third kappa shape index (κ3) is 5.74. The number of thioether (sulfide) groups is 1. The first-order chi connectivity index (χ1) is 18.8. The highest BCUT2D eigenvalue weighted by Crippen LogP contribution is 2.47. The van der Waals surface area contributed by atoms with Crippen LogP contribution in [0.5, 0.6) is 0 Å². The standard InChI is InChI=1S/C20H19ClN4S.C9H10N4/c1-12-10-14(21)7-8-15(12)19-17-18(16-6-4-5-9-22-16)24-25(3)20(17)23-13(2)11-26-19;1-13-9(10)6-8(12-13)7-4-2-3-5-11-7/h4-10,19H,11H2,1-3H3;2-6H,10H2,1H3. The Morgan fingerprint density at radius 1 is 0.872 bits per heavy atom. The quantitative estimate of drug-likeness (QED) is 0.274. The van der Waals surface area contributed by atoms with E-state index in [2.05, 4.69) is 35.0 Å². The van der Waals surface area contributed by atoms with Gasteiger partial charge in [-0.05, 0) is 61.4 Å². The number of nitrogen functional groups attached to an aromatic ring is 1. The zero-order valence-electron chi connectivity index (χ0n) is 22.2. The molecule has 5 aromatic rings. The first-order valence-corrected chi connectivity index (χ1v) is 13.9. The van der Waals surface area contributed by atoms with E-state index in [-0.39, 0.29) is 5.25 Å². The van der Waals surface area contributed by atoms with Gasteiger partial charge in [0.15, 0.2) is 5.82 Å². The average Bonchev–Trinajstić information content (AvgIpc) is 3.38. The minimum absolute atomic E-state index is 0.133. The molecule has 10 heteroatoms. The summed E-state index contributed by atoms with van der Waals surface area (Å²) in [6.07, 6.45) is 3.54. The zero-order valence-corrected chi connectivity index (χ0v) is 23.8. The van der Waals surface area contributed by atoms with Gasteiger partial charge in [0, 0.05) is 54.6 Å². The van der Waals surface area contributed by atoms with Gasteiger partial charge in [-0.25, -0.2) is 4.99 Å². The van der Waals surface area contributed by atoms with Crippen molar-refractivity contribution in [1.82, 2.24) is 29.5 Å². The smallest absolute Gasteiger partial charge is 0.155 e. The Hall–Kier alpha value is -3.95. The lowest BCUT2D eigenvalue weighted by Gasteiger charge is -2.18. The number of halogens is 1. The molecule has 0 fully saturated rings. The molecule has 1 aliphatic heterocycles. The molecule has 4 aromatic heterocycles. The molecule has 1 aliphatic rings. The van der Waals surface area contributed by atoms with Gasteiger partial charge in [-0.1, -0.05) is 29.8 Å². The number of nitrogens with zero attached hydrogens (tertiary/aromatic N) is 7. The molecule has 1 unspecified atom stereocenters. The summed E-state index contributed by atoms with van der Waals surface area (Å²) in [7, 11) is 3.76. The van der Waals surface area contributed by atoms with E-state index in [4.69, 9.17) is 27.4 Å². The second kappa shape index (κ2) is 11.4. The Balaban J connectivity index is 0.000000198. The number of aromatic nitrogens is 6. The van der Waals surface area contributed by atoms with Gasteiger partial charge in [-0.3, -0.25) is 19.3 Å². The topological polar surface area (TPSA) is 99.8 Å². The highest BCUT2D eigenvalue weighted by atomic mass is 35.5. The Morgan fingerprint density at radius 2 is 1.59 bits per heavy atom. The normalized spacial score (nSPS) is 14.6. The summed E-state index contributed by atoms with van der Waals surface area (Å²) in [5.41, 5.74) is 13.7. The van der Waals surface area contributed by atoms with E-state index in [0.717, 1.165) is 50.6 Å². The lowest BCUT2D eigenvalue weighted by Crippen LogP contribution is -2.02. The molecule has 0 radical (unpaired) electrons. The minimum atomic E-state index is 0.133. The van der Waals surface area contributed by atoms with Gasteiger partial charge in [0.2, 0.25) is 0 Å². The number of rotatable bonds is 3. The van der Waals surface area contributed by atoms with Crippen molar-refractivity contribution in [2.45, 2.75) is 19.1 Å².